The number of nitrogens with two attached hydrogens (primary N) is 1. The third-order valence-corrected chi connectivity index (χ3v) is 6.15. The summed E-state index contributed by atoms with van der Waals surface area (Å²) >= 11 is 1.41. The molecule has 2 amide bonds. The van der Waals surface area contributed by atoms with Crippen molar-refractivity contribution < 1.29 is 9.59 Å². The Hall–Kier alpha value is -2.93. The number of aromatic nitrogens is 1. The number of H-pyrrole nitrogens is 1. The molecule has 2 aromatic heterocycles. The van der Waals surface area contributed by atoms with Crippen molar-refractivity contribution in [3.8, 4) is 0 Å². The number of pyridine rings is 1. The highest BCUT2D eigenvalue weighted by Crippen LogP contribution is 2.39. The highest BCUT2D eigenvalue weighted by Gasteiger charge is 2.27. The molecule has 1 aliphatic rings. The maximum Gasteiger partial charge on any atom is 0.257 e. The Bertz CT molecular complexity index is 1130. The molecule has 3 aromatic rings. The Kier molecular flexibility index (Phi) is 4.31. The van der Waals surface area contributed by atoms with E-state index in [2.05, 4.69) is 17.2 Å². The fourth-order valence-electron chi connectivity index (χ4n) is 3.66. The maximum absolute atomic E-state index is 12.9. The van der Waals surface area contributed by atoms with E-state index >= 15 is 0 Å². The number of hydrogen-bond acceptors (Lipinski definition) is 4. The van der Waals surface area contributed by atoms with Crippen LogP contribution in [0.3, 0.4) is 0 Å². The Morgan fingerprint density at radius 1 is 1.30 bits per heavy atom. The maximum atomic E-state index is 12.9. The van der Waals surface area contributed by atoms with Gasteiger partial charge in [0.15, 0.2) is 0 Å². The molecular weight excluding hydrogens is 362 g/mol. The highest BCUT2D eigenvalue weighted by atomic mass is 32.1. The second-order valence-corrected chi connectivity index (χ2v) is 8.07. The minimum Gasteiger partial charge on any atom is -0.365 e. The predicted octanol–water partition coefficient (Wildman–Crippen LogP) is 3.07. The van der Waals surface area contributed by atoms with E-state index < -0.39 is 11.8 Å². The van der Waals surface area contributed by atoms with Gasteiger partial charge in [0.1, 0.15) is 5.00 Å². The smallest absolute Gasteiger partial charge is 0.257 e. The molecule has 7 heteroatoms. The highest BCUT2D eigenvalue weighted by molar-refractivity contribution is 7.17. The number of nitrogens with one attached hydrogen (secondary N) is 2. The number of anilines is 1. The number of thiophene rings is 1. The lowest BCUT2D eigenvalue weighted by molar-refractivity contribution is 0.1000. The molecule has 0 saturated carbocycles. The summed E-state index contributed by atoms with van der Waals surface area (Å²) < 4.78 is 0. The molecule has 2 heterocycles. The minimum absolute atomic E-state index is 0.268. The lowest BCUT2D eigenvalue weighted by atomic mass is 9.88. The first kappa shape index (κ1) is 17.5. The molecule has 0 unspecified atom stereocenters. The van der Waals surface area contributed by atoms with Crippen LogP contribution in [0.15, 0.2) is 35.1 Å². The minimum atomic E-state index is -0.534. The van der Waals surface area contributed by atoms with Crippen LogP contribution >= 0.6 is 11.3 Å². The van der Waals surface area contributed by atoms with E-state index in [-0.39, 0.29) is 11.1 Å². The summed E-state index contributed by atoms with van der Waals surface area (Å²) in [5.41, 5.74) is 7.47. The van der Waals surface area contributed by atoms with Crippen LogP contribution in [0.2, 0.25) is 0 Å². The summed E-state index contributed by atoms with van der Waals surface area (Å²) in [6.07, 6.45) is 2.66. The molecule has 0 fully saturated rings. The average Bonchev–Trinajstić information content (AvgIpc) is 2.97. The zero-order valence-electron chi connectivity index (χ0n) is 14.8. The van der Waals surface area contributed by atoms with Gasteiger partial charge in [0.05, 0.1) is 11.1 Å². The van der Waals surface area contributed by atoms with E-state index in [1.165, 1.54) is 17.4 Å². The molecule has 1 aromatic carbocycles. The molecule has 0 saturated heterocycles. The van der Waals surface area contributed by atoms with Crippen LogP contribution in [-0.4, -0.2) is 16.8 Å². The zero-order valence-corrected chi connectivity index (χ0v) is 15.6. The molecule has 1 atom stereocenters. The predicted molar refractivity (Wildman–Crippen MR) is 107 cm³/mol. The molecule has 6 nitrogen and oxygen atoms in total. The van der Waals surface area contributed by atoms with Crippen LogP contribution in [0.1, 0.15) is 44.5 Å². The molecule has 138 valence electrons. The normalized spacial score (nSPS) is 16.1. The number of hydrogen-bond donors (Lipinski definition) is 3. The van der Waals surface area contributed by atoms with Gasteiger partial charge in [-0.3, -0.25) is 14.4 Å². The summed E-state index contributed by atoms with van der Waals surface area (Å²) in [4.78, 5) is 40.7. The summed E-state index contributed by atoms with van der Waals surface area (Å²) in [5, 5.41) is 3.94. The van der Waals surface area contributed by atoms with Crippen LogP contribution in [0.25, 0.3) is 10.9 Å². The van der Waals surface area contributed by atoms with E-state index in [9.17, 15) is 14.4 Å². The molecule has 0 aliphatic heterocycles. The molecule has 4 N–H and O–H groups in total. The van der Waals surface area contributed by atoms with E-state index in [1.54, 1.807) is 24.3 Å². The molecule has 0 bridgehead atoms. The molecule has 0 radical (unpaired) electrons. The van der Waals surface area contributed by atoms with Crippen molar-refractivity contribution >= 4 is 39.1 Å². The monoisotopic (exact) mass is 381 g/mol. The summed E-state index contributed by atoms with van der Waals surface area (Å²) in [6.45, 7) is 2.17. The second-order valence-electron chi connectivity index (χ2n) is 6.97. The van der Waals surface area contributed by atoms with Gasteiger partial charge in [0.25, 0.3) is 11.8 Å². The van der Waals surface area contributed by atoms with Crippen LogP contribution in [0, 0.1) is 5.92 Å². The van der Waals surface area contributed by atoms with Crippen molar-refractivity contribution in [2.24, 2.45) is 11.7 Å². The Morgan fingerprint density at radius 2 is 2.07 bits per heavy atom. The van der Waals surface area contributed by atoms with Gasteiger partial charge in [0, 0.05) is 21.8 Å². The third-order valence-electron chi connectivity index (χ3n) is 4.98. The standard InChI is InChI=1S/C20H19N3O3S/c1-10-6-7-12-15(8-10)27-20(17(12)18(21)25)23-19(26)13-9-16(24)22-14-5-3-2-4-11(13)14/h2-5,9-10H,6-8H2,1H3,(H2,21,25)(H,22,24)(H,23,26)/t10-/m0/s1. The number of amides is 2. The lowest BCUT2D eigenvalue weighted by Crippen LogP contribution is -2.20. The van der Waals surface area contributed by atoms with E-state index in [0.717, 1.165) is 29.7 Å². The number of fused-ring (bicyclic) bond motifs is 2. The van der Waals surface area contributed by atoms with Crippen LogP contribution < -0.4 is 16.6 Å². The SMILES string of the molecule is C[C@H]1CCc2c(sc(NC(=O)c3cc(=O)[nH]c4ccccc34)c2C(N)=O)C1. The quantitative estimate of drug-likeness (QED) is 0.649. The first-order valence-corrected chi connectivity index (χ1v) is 9.63. The molecule has 27 heavy (non-hydrogen) atoms. The Morgan fingerprint density at radius 3 is 2.85 bits per heavy atom. The molecular formula is C20H19N3O3S. The summed E-state index contributed by atoms with van der Waals surface area (Å²) in [5.74, 6) is -0.420. The number of carbonyl (C=O) groups excluding carboxylic acids is 2. The fraction of sp³-hybridized carbons (Fsp3) is 0.250. The zero-order chi connectivity index (χ0) is 19.1. The van der Waals surface area contributed by atoms with Gasteiger partial charge < -0.3 is 16.0 Å². The average molecular weight is 381 g/mol. The first-order chi connectivity index (χ1) is 12.9. The van der Waals surface area contributed by atoms with Crippen molar-refractivity contribution in [2.75, 3.05) is 5.32 Å². The Balaban J connectivity index is 1.76. The van der Waals surface area contributed by atoms with Gasteiger partial charge in [-0.05, 0) is 36.8 Å². The van der Waals surface area contributed by atoms with Gasteiger partial charge in [0.2, 0.25) is 5.56 Å². The van der Waals surface area contributed by atoms with Crippen molar-refractivity contribution in [1.82, 2.24) is 4.98 Å². The number of primary amides is 1. The van der Waals surface area contributed by atoms with Gasteiger partial charge in [-0.2, -0.15) is 0 Å². The number of carbonyl (C=O) groups is 2. The third kappa shape index (κ3) is 3.14. The van der Waals surface area contributed by atoms with Gasteiger partial charge in [-0.25, -0.2) is 0 Å². The van der Waals surface area contributed by atoms with Crippen molar-refractivity contribution in [3.05, 3.63) is 62.3 Å². The molecule has 1 aliphatic carbocycles. The number of para-hydroxylation sites is 1. The lowest BCUT2D eigenvalue weighted by Gasteiger charge is -2.18. The van der Waals surface area contributed by atoms with Crippen molar-refractivity contribution in [3.63, 3.8) is 0 Å². The summed E-state index contributed by atoms with van der Waals surface area (Å²) in [7, 11) is 0. The first-order valence-electron chi connectivity index (χ1n) is 8.81. The van der Waals surface area contributed by atoms with Gasteiger partial charge >= 0.3 is 0 Å². The largest absolute Gasteiger partial charge is 0.365 e. The van der Waals surface area contributed by atoms with Crippen LogP contribution in [0.5, 0.6) is 0 Å². The number of benzene rings is 1. The topological polar surface area (TPSA) is 105 Å². The molecule has 0 spiro atoms. The number of rotatable bonds is 3. The van der Waals surface area contributed by atoms with Gasteiger partial charge in [-0.15, -0.1) is 11.3 Å². The second kappa shape index (κ2) is 6.66. The molecule has 4 rings (SSSR count). The Labute approximate surface area is 159 Å². The summed E-state index contributed by atoms with van der Waals surface area (Å²) in [6, 6.07) is 8.39. The van der Waals surface area contributed by atoms with Crippen molar-refractivity contribution in [2.45, 2.75) is 26.2 Å². The number of aromatic amines is 1. The van der Waals surface area contributed by atoms with E-state index in [0.29, 0.717) is 27.4 Å². The van der Waals surface area contributed by atoms with E-state index in [1.807, 2.05) is 0 Å². The van der Waals surface area contributed by atoms with Crippen molar-refractivity contribution in [1.29, 1.82) is 0 Å². The van der Waals surface area contributed by atoms with Crippen LogP contribution in [0.4, 0.5) is 5.00 Å². The van der Waals surface area contributed by atoms with Crippen LogP contribution in [-0.2, 0) is 12.8 Å². The van der Waals surface area contributed by atoms with E-state index in [4.69, 9.17) is 5.73 Å². The van der Waals surface area contributed by atoms with Gasteiger partial charge in [-0.1, -0.05) is 25.1 Å². The fourth-order valence-corrected chi connectivity index (χ4v) is 5.07.